The minimum atomic E-state index is -0.232. The number of hydrogen-bond donors (Lipinski definition) is 1. The van der Waals surface area contributed by atoms with Crippen LogP contribution in [0, 0.1) is 0 Å². The maximum Gasteiger partial charge on any atom is 0.257 e. The van der Waals surface area contributed by atoms with Gasteiger partial charge in [0.05, 0.1) is 12.3 Å². The van der Waals surface area contributed by atoms with E-state index in [9.17, 15) is 4.79 Å². The van der Waals surface area contributed by atoms with Crippen molar-refractivity contribution in [3.05, 3.63) is 64.9 Å². The summed E-state index contributed by atoms with van der Waals surface area (Å²) in [6.45, 7) is 6.87. The minimum Gasteiger partial charge on any atom is -0.490 e. The average molecular weight is 398 g/mol. The highest BCUT2D eigenvalue weighted by Crippen LogP contribution is 2.30. The van der Waals surface area contributed by atoms with Crippen LogP contribution in [0.2, 0.25) is 0 Å². The molecule has 1 amide bonds. The zero-order chi connectivity index (χ0) is 19.9. The van der Waals surface area contributed by atoms with Crippen LogP contribution < -0.4 is 14.8 Å². The molecule has 0 fully saturated rings. The first-order valence-electron chi connectivity index (χ1n) is 9.12. The van der Waals surface area contributed by atoms with Gasteiger partial charge in [-0.15, -0.1) is 11.3 Å². The molecule has 2 aromatic heterocycles. The minimum absolute atomic E-state index is 0.232. The van der Waals surface area contributed by atoms with E-state index in [1.54, 1.807) is 30.6 Å². The number of rotatable bonds is 8. The normalized spacial score (nSPS) is 10.7. The van der Waals surface area contributed by atoms with Gasteiger partial charge in [-0.25, -0.2) is 4.98 Å². The van der Waals surface area contributed by atoms with Gasteiger partial charge in [-0.05, 0) is 37.1 Å². The molecule has 0 saturated heterocycles. The molecular weight excluding hydrogens is 374 g/mol. The second-order valence-corrected chi connectivity index (χ2v) is 7.29. The lowest BCUT2D eigenvalue weighted by Gasteiger charge is -2.13. The van der Waals surface area contributed by atoms with Gasteiger partial charge in [-0.1, -0.05) is 19.9 Å². The molecule has 3 aromatic rings. The summed E-state index contributed by atoms with van der Waals surface area (Å²) in [5.41, 5.74) is 2.41. The molecule has 2 heterocycles. The first-order valence-corrected chi connectivity index (χ1v) is 10.00. The van der Waals surface area contributed by atoms with Gasteiger partial charge in [0.1, 0.15) is 6.61 Å². The fourth-order valence-corrected chi connectivity index (χ4v) is 3.33. The Hall–Kier alpha value is -2.93. The van der Waals surface area contributed by atoms with Gasteiger partial charge < -0.3 is 9.47 Å². The summed E-state index contributed by atoms with van der Waals surface area (Å²) in [5, 5.41) is 5.39. The molecule has 1 aromatic carbocycles. The molecule has 3 rings (SSSR count). The summed E-state index contributed by atoms with van der Waals surface area (Å²) < 4.78 is 11.5. The molecule has 28 heavy (non-hydrogen) atoms. The topological polar surface area (TPSA) is 73.3 Å². The largest absolute Gasteiger partial charge is 0.490 e. The van der Waals surface area contributed by atoms with E-state index in [4.69, 9.17) is 9.47 Å². The Morgan fingerprint density at radius 1 is 1.21 bits per heavy atom. The lowest BCUT2D eigenvalue weighted by atomic mass is 10.2. The summed E-state index contributed by atoms with van der Waals surface area (Å²) in [7, 11) is 0. The fourth-order valence-electron chi connectivity index (χ4n) is 2.46. The van der Waals surface area contributed by atoms with Crippen LogP contribution >= 0.6 is 11.3 Å². The van der Waals surface area contributed by atoms with E-state index in [2.05, 4.69) is 29.1 Å². The molecular formula is C21H23N3O3S. The predicted octanol–water partition coefficient (Wildman–Crippen LogP) is 4.89. The van der Waals surface area contributed by atoms with Crippen LogP contribution in [-0.2, 0) is 6.61 Å². The number of nitrogens with one attached hydrogen (secondary N) is 1. The molecule has 0 radical (unpaired) electrons. The van der Waals surface area contributed by atoms with Gasteiger partial charge in [0.25, 0.3) is 5.91 Å². The second-order valence-electron chi connectivity index (χ2n) is 6.43. The van der Waals surface area contributed by atoms with Crippen LogP contribution in [0.3, 0.4) is 0 Å². The Bertz CT molecular complexity index is 926. The number of thiazole rings is 1. The van der Waals surface area contributed by atoms with Crippen LogP contribution in [0.5, 0.6) is 11.5 Å². The van der Waals surface area contributed by atoms with E-state index in [0.29, 0.717) is 41.3 Å². The zero-order valence-corrected chi connectivity index (χ0v) is 17.0. The van der Waals surface area contributed by atoms with Crippen LogP contribution in [0.1, 0.15) is 48.3 Å². The van der Waals surface area contributed by atoms with Crippen molar-refractivity contribution in [3.8, 4) is 11.5 Å². The molecule has 0 spiro atoms. The quantitative estimate of drug-likeness (QED) is 0.586. The van der Waals surface area contributed by atoms with Crippen molar-refractivity contribution >= 4 is 22.4 Å². The summed E-state index contributed by atoms with van der Waals surface area (Å²) in [6, 6.07) is 8.95. The first-order chi connectivity index (χ1) is 13.6. The third-order valence-electron chi connectivity index (χ3n) is 3.96. The predicted molar refractivity (Wildman–Crippen MR) is 110 cm³/mol. The summed E-state index contributed by atoms with van der Waals surface area (Å²) in [5.74, 6) is 1.20. The van der Waals surface area contributed by atoms with Crippen molar-refractivity contribution in [1.29, 1.82) is 0 Å². The number of anilines is 1. The molecule has 0 aliphatic heterocycles. The average Bonchev–Trinajstić information content (AvgIpc) is 3.17. The Labute approximate surface area is 168 Å². The third-order valence-corrected chi connectivity index (χ3v) is 4.73. The number of aromatic nitrogens is 2. The Balaban J connectivity index is 1.72. The smallest absolute Gasteiger partial charge is 0.257 e. The molecule has 6 nitrogen and oxygen atoms in total. The summed E-state index contributed by atoms with van der Waals surface area (Å²) in [4.78, 5) is 21.1. The number of nitrogens with zero attached hydrogens (tertiary/aromatic N) is 2. The van der Waals surface area contributed by atoms with E-state index in [1.165, 1.54) is 11.3 Å². The third kappa shape index (κ3) is 5.07. The number of pyridine rings is 1. The van der Waals surface area contributed by atoms with Crippen molar-refractivity contribution in [2.45, 2.75) is 33.3 Å². The lowest BCUT2D eigenvalue weighted by Crippen LogP contribution is -2.12. The Morgan fingerprint density at radius 3 is 2.75 bits per heavy atom. The fraction of sp³-hybridized carbons (Fsp3) is 0.286. The molecule has 1 N–H and O–H groups in total. The molecule has 0 aliphatic carbocycles. The lowest BCUT2D eigenvalue weighted by molar-refractivity contribution is 0.102. The molecule has 146 valence electrons. The van der Waals surface area contributed by atoms with E-state index in [-0.39, 0.29) is 5.91 Å². The van der Waals surface area contributed by atoms with Gasteiger partial charge in [0.15, 0.2) is 16.6 Å². The molecule has 0 atom stereocenters. The molecule has 0 unspecified atom stereocenters. The van der Waals surface area contributed by atoms with Gasteiger partial charge in [0.2, 0.25) is 0 Å². The first kappa shape index (κ1) is 19.8. The van der Waals surface area contributed by atoms with Crippen molar-refractivity contribution in [1.82, 2.24) is 9.97 Å². The SMILES string of the molecule is CCOc1cc(C(=O)Nc2nc(C(C)C)cs2)ccc1OCc1cccnc1. The van der Waals surface area contributed by atoms with E-state index in [1.807, 2.05) is 24.4 Å². The molecule has 0 bridgehead atoms. The van der Waals surface area contributed by atoms with Crippen LogP contribution in [-0.4, -0.2) is 22.5 Å². The highest BCUT2D eigenvalue weighted by molar-refractivity contribution is 7.14. The van der Waals surface area contributed by atoms with Crippen molar-refractivity contribution < 1.29 is 14.3 Å². The number of amides is 1. The van der Waals surface area contributed by atoms with Gasteiger partial charge in [-0.3, -0.25) is 15.1 Å². The van der Waals surface area contributed by atoms with Crippen molar-refractivity contribution in [2.75, 3.05) is 11.9 Å². The molecule has 7 heteroatoms. The van der Waals surface area contributed by atoms with E-state index < -0.39 is 0 Å². The van der Waals surface area contributed by atoms with Crippen molar-refractivity contribution in [3.63, 3.8) is 0 Å². The molecule has 0 aliphatic rings. The van der Waals surface area contributed by atoms with Crippen LogP contribution in [0.4, 0.5) is 5.13 Å². The monoisotopic (exact) mass is 397 g/mol. The standard InChI is InChI=1S/C21H23N3O3S/c1-4-26-19-10-16(20(25)24-21-23-17(13-28-21)14(2)3)7-8-18(19)27-12-15-6-5-9-22-11-15/h5-11,13-14H,4,12H2,1-3H3,(H,23,24,25). The number of hydrogen-bond acceptors (Lipinski definition) is 6. The maximum absolute atomic E-state index is 12.6. The Morgan fingerprint density at radius 2 is 2.07 bits per heavy atom. The zero-order valence-electron chi connectivity index (χ0n) is 16.1. The maximum atomic E-state index is 12.6. The highest BCUT2D eigenvalue weighted by atomic mass is 32.1. The van der Waals surface area contributed by atoms with Crippen LogP contribution in [0.25, 0.3) is 0 Å². The van der Waals surface area contributed by atoms with Gasteiger partial charge in [0, 0.05) is 28.9 Å². The molecule has 0 saturated carbocycles. The summed E-state index contributed by atoms with van der Waals surface area (Å²) in [6.07, 6.45) is 3.47. The van der Waals surface area contributed by atoms with Crippen LogP contribution in [0.15, 0.2) is 48.1 Å². The highest BCUT2D eigenvalue weighted by Gasteiger charge is 2.14. The van der Waals surface area contributed by atoms with E-state index in [0.717, 1.165) is 11.3 Å². The van der Waals surface area contributed by atoms with E-state index >= 15 is 0 Å². The number of benzene rings is 1. The number of ether oxygens (including phenoxy) is 2. The number of carbonyl (C=O) groups excluding carboxylic acids is 1. The van der Waals surface area contributed by atoms with Gasteiger partial charge in [-0.2, -0.15) is 0 Å². The second kappa shape index (κ2) is 9.32. The van der Waals surface area contributed by atoms with Crippen molar-refractivity contribution in [2.24, 2.45) is 0 Å². The Kier molecular flexibility index (Phi) is 6.60. The number of carbonyl (C=O) groups is 1. The van der Waals surface area contributed by atoms with Gasteiger partial charge >= 0.3 is 0 Å². The summed E-state index contributed by atoms with van der Waals surface area (Å²) >= 11 is 1.42.